The van der Waals surface area contributed by atoms with Gasteiger partial charge in [0, 0.05) is 18.8 Å². The van der Waals surface area contributed by atoms with E-state index in [9.17, 15) is 9.67 Å². The fourth-order valence-corrected chi connectivity index (χ4v) is 2.77. The van der Waals surface area contributed by atoms with Crippen LogP contribution in [0.4, 0.5) is 0 Å². The van der Waals surface area contributed by atoms with Crippen LogP contribution in [0, 0.1) is 0 Å². The molecule has 0 aliphatic heterocycles. The van der Waals surface area contributed by atoms with Crippen LogP contribution in [0.1, 0.15) is 25.0 Å². The van der Waals surface area contributed by atoms with Gasteiger partial charge in [-0.2, -0.15) is 0 Å². The van der Waals surface area contributed by atoms with E-state index in [4.69, 9.17) is 13.8 Å². The Morgan fingerprint density at radius 3 is 2.53 bits per heavy atom. The first kappa shape index (κ1) is 16.2. The molecule has 0 spiro atoms. The number of hydrogen-bond donors (Lipinski definition) is 1. The topological polar surface area (TPSA) is 65.0 Å². The molecule has 19 heavy (non-hydrogen) atoms. The van der Waals surface area contributed by atoms with Crippen LogP contribution < -0.4 is 0 Å². The van der Waals surface area contributed by atoms with Gasteiger partial charge in [0.05, 0.1) is 19.8 Å². The molecule has 0 amide bonds. The predicted octanol–water partition coefficient (Wildman–Crippen LogP) is 3.30. The first-order valence-electron chi connectivity index (χ1n) is 6.22. The van der Waals surface area contributed by atoms with Crippen LogP contribution in [0.3, 0.4) is 0 Å². The SMILES string of the molecule is CCOP(=O)(CC)OCc1ccc(O)c(COC)c1. The van der Waals surface area contributed by atoms with Crippen molar-refractivity contribution in [3.05, 3.63) is 29.3 Å². The largest absolute Gasteiger partial charge is 0.508 e. The fraction of sp³-hybridized carbons (Fsp3) is 0.538. The number of benzene rings is 1. The van der Waals surface area contributed by atoms with Gasteiger partial charge in [0.25, 0.3) is 0 Å². The zero-order valence-electron chi connectivity index (χ0n) is 11.6. The van der Waals surface area contributed by atoms with Crippen molar-refractivity contribution in [1.82, 2.24) is 0 Å². The smallest absolute Gasteiger partial charge is 0.330 e. The zero-order valence-corrected chi connectivity index (χ0v) is 12.5. The molecule has 5 nitrogen and oxygen atoms in total. The first-order valence-corrected chi connectivity index (χ1v) is 7.95. The number of rotatable bonds is 8. The van der Waals surface area contributed by atoms with E-state index >= 15 is 0 Å². The van der Waals surface area contributed by atoms with Crippen molar-refractivity contribution in [1.29, 1.82) is 0 Å². The Kier molecular flexibility index (Phi) is 6.52. The van der Waals surface area contributed by atoms with Gasteiger partial charge in [-0.3, -0.25) is 4.57 Å². The van der Waals surface area contributed by atoms with Crippen molar-refractivity contribution in [3.63, 3.8) is 0 Å². The number of phenols is 1. The lowest BCUT2D eigenvalue weighted by atomic mass is 10.1. The molecule has 1 aromatic carbocycles. The van der Waals surface area contributed by atoms with E-state index in [-0.39, 0.29) is 12.4 Å². The van der Waals surface area contributed by atoms with E-state index in [0.29, 0.717) is 24.9 Å². The average molecular weight is 288 g/mol. The maximum absolute atomic E-state index is 12.1. The number of ether oxygens (including phenoxy) is 1. The molecule has 108 valence electrons. The highest BCUT2D eigenvalue weighted by Crippen LogP contribution is 2.48. The monoisotopic (exact) mass is 288 g/mol. The van der Waals surface area contributed by atoms with E-state index in [1.807, 2.05) is 0 Å². The Morgan fingerprint density at radius 2 is 1.95 bits per heavy atom. The first-order chi connectivity index (χ1) is 9.04. The van der Waals surface area contributed by atoms with Gasteiger partial charge in [-0.05, 0) is 24.6 Å². The van der Waals surface area contributed by atoms with Crippen LogP contribution in [-0.2, 0) is 31.6 Å². The molecule has 0 bridgehead atoms. The van der Waals surface area contributed by atoms with Crippen molar-refractivity contribution < 1.29 is 23.5 Å². The van der Waals surface area contributed by atoms with Gasteiger partial charge >= 0.3 is 7.60 Å². The van der Waals surface area contributed by atoms with Gasteiger partial charge in [-0.15, -0.1) is 0 Å². The molecule has 1 atom stereocenters. The third-order valence-electron chi connectivity index (χ3n) is 2.58. The zero-order chi connectivity index (χ0) is 14.3. The number of methoxy groups -OCH3 is 1. The number of phenolic OH excluding ortho intramolecular Hbond substituents is 1. The summed E-state index contributed by atoms with van der Waals surface area (Å²) in [5, 5.41) is 9.62. The predicted molar refractivity (Wildman–Crippen MR) is 73.4 cm³/mol. The van der Waals surface area contributed by atoms with Crippen molar-refractivity contribution in [2.75, 3.05) is 19.9 Å². The number of hydrogen-bond acceptors (Lipinski definition) is 5. The van der Waals surface area contributed by atoms with Crippen LogP contribution in [0.25, 0.3) is 0 Å². The molecular weight excluding hydrogens is 267 g/mol. The van der Waals surface area contributed by atoms with E-state index in [2.05, 4.69) is 0 Å². The van der Waals surface area contributed by atoms with Gasteiger partial charge in [0.2, 0.25) is 0 Å². The van der Waals surface area contributed by atoms with Crippen molar-refractivity contribution in [2.45, 2.75) is 27.1 Å². The minimum atomic E-state index is -3.00. The van der Waals surface area contributed by atoms with Gasteiger partial charge in [-0.1, -0.05) is 13.0 Å². The minimum Gasteiger partial charge on any atom is -0.508 e. The molecule has 0 aromatic heterocycles. The minimum absolute atomic E-state index is 0.175. The highest BCUT2D eigenvalue weighted by molar-refractivity contribution is 7.53. The molecule has 1 N–H and O–H groups in total. The van der Waals surface area contributed by atoms with Gasteiger partial charge in [0.15, 0.2) is 0 Å². The Balaban J connectivity index is 2.72. The molecule has 0 saturated heterocycles. The van der Waals surface area contributed by atoms with E-state index in [0.717, 1.165) is 5.56 Å². The Hall–Kier alpha value is -0.870. The maximum atomic E-state index is 12.1. The summed E-state index contributed by atoms with van der Waals surface area (Å²) in [6, 6.07) is 5.07. The summed E-state index contributed by atoms with van der Waals surface area (Å²) in [5.41, 5.74) is 1.49. The van der Waals surface area contributed by atoms with E-state index in [1.165, 1.54) is 0 Å². The summed E-state index contributed by atoms with van der Waals surface area (Å²) in [5.74, 6) is 0.175. The summed E-state index contributed by atoms with van der Waals surface area (Å²) in [7, 11) is -1.44. The Bertz CT molecular complexity index is 447. The van der Waals surface area contributed by atoms with Crippen LogP contribution in [-0.4, -0.2) is 25.0 Å². The van der Waals surface area contributed by atoms with Crippen molar-refractivity contribution in [3.8, 4) is 5.75 Å². The normalized spacial score (nSPS) is 14.3. The van der Waals surface area contributed by atoms with Crippen LogP contribution in [0.15, 0.2) is 18.2 Å². The molecule has 0 aliphatic rings. The molecule has 0 fully saturated rings. The summed E-state index contributed by atoms with van der Waals surface area (Å²) < 4.78 is 27.7. The average Bonchev–Trinajstić information content (AvgIpc) is 2.40. The molecule has 1 aromatic rings. The molecule has 0 saturated carbocycles. The second-order valence-electron chi connectivity index (χ2n) is 4.01. The van der Waals surface area contributed by atoms with Crippen LogP contribution >= 0.6 is 7.60 Å². The maximum Gasteiger partial charge on any atom is 0.330 e. The second-order valence-corrected chi connectivity index (χ2v) is 6.39. The quantitative estimate of drug-likeness (QED) is 0.743. The summed E-state index contributed by atoms with van der Waals surface area (Å²) in [4.78, 5) is 0. The van der Waals surface area contributed by atoms with Gasteiger partial charge in [0.1, 0.15) is 5.75 Å². The Morgan fingerprint density at radius 1 is 1.21 bits per heavy atom. The molecular formula is C13H21O5P. The lowest BCUT2D eigenvalue weighted by molar-refractivity contribution is 0.181. The second kappa shape index (κ2) is 7.65. The molecule has 0 radical (unpaired) electrons. The molecule has 1 unspecified atom stereocenters. The summed E-state index contributed by atoms with van der Waals surface area (Å²) in [6.07, 6.45) is 0.337. The lowest BCUT2D eigenvalue weighted by Crippen LogP contribution is -1.99. The summed E-state index contributed by atoms with van der Waals surface area (Å²) >= 11 is 0. The highest BCUT2D eigenvalue weighted by Gasteiger charge is 2.21. The fourth-order valence-electron chi connectivity index (χ4n) is 1.59. The van der Waals surface area contributed by atoms with Crippen molar-refractivity contribution >= 4 is 7.60 Å². The third kappa shape index (κ3) is 4.96. The molecule has 0 aliphatic carbocycles. The highest BCUT2D eigenvalue weighted by atomic mass is 31.2. The molecule has 6 heteroatoms. The lowest BCUT2D eigenvalue weighted by Gasteiger charge is -2.16. The van der Waals surface area contributed by atoms with Crippen LogP contribution in [0.2, 0.25) is 0 Å². The van der Waals surface area contributed by atoms with Crippen molar-refractivity contribution in [2.24, 2.45) is 0 Å². The number of aromatic hydroxyl groups is 1. The standard InChI is InChI=1S/C13H21O5P/c1-4-17-19(15,5-2)18-9-11-6-7-13(14)12(8-11)10-16-3/h6-8,14H,4-5,9-10H2,1-3H3. The summed E-state index contributed by atoms with van der Waals surface area (Å²) in [6.45, 7) is 4.40. The van der Waals surface area contributed by atoms with E-state index < -0.39 is 7.60 Å². The van der Waals surface area contributed by atoms with Gasteiger partial charge < -0.3 is 18.9 Å². The van der Waals surface area contributed by atoms with Gasteiger partial charge in [-0.25, -0.2) is 0 Å². The van der Waals surface area contributed by atoms with E-state index in [1.54, 1.807) is 39.2 Å². The Labute approximate surface area is 114 Å². The third-order valence-corrected chi connectivity index (χ3v) is 4.53. The molecule has 0 heterocycles. The molecule has 1 rings (SSSR count). The van der Waals surface area contributed by atoms with Crippen LogP contribution in [0.5, 0.6) is 5.75 Å².